The lowest BCUT2D eigenvalue weighted by molar-refractivity contribution is -0.120. The Morgan fingerprint density at radius 3 is 2.79 bits per heavy atom. The number of amides is 1. The lowest BCUT2D eigenvalue weighted by atomic mass is 9.92. The highest BCUT2D eigenvalue weighted by molar-refractivity contribution is 7.99. The van der Waals surface area contributed by atoms with E-state index in [0.717, 1.165) is 11.8 Å². The summed E-state index contributed by atoms with van der Waals surface area (Å²) in [5, 5.41) is 3.63. The number of fused-ring (bicyclic) bond motifs is 1. The van der Waals surface area contributed by atoms with Crippen molar-refractivity contribution >= 4 is 28.6 Å². The number of halogens is 2. The van der Waals surface area contributed by atoms with E-state index in [2.05, 4.69) is 15.3 Å². The number of thioether (sulfide) groups is 1. The van der Waals surface area contributed by atoms with E-state index in [-0.39, 0.29) is 48.9 Å². The molecule has 1 fully saturated rings. The van der Waals surface area contributed by atoms with Crippen molar-refractivity contribution in [2.24, 2.45) is 0 Å². The second-order valence-corrected chi connectivity index (χ2v) is 6.84. The summed E-state index contributed by atoms with van der Waals surface area (Å²) in [4.78, 5) is 30.8. The van der Waals surface area contributed by atoms with Crippen LogP contribution in [0.3, 0.4) is 0 Å². The Balaban J connectivity index is 1.56. The lowest BCUT2D eigenvalue weighted by Crippen LogP contribution is -2.41. The number of alkyl halides is 2. The molecule has 1 aromatic carbocycles. The van der Waals surface area contributed by atoms with E-state index in [9.17, 15) is 18.4 Å². The van der Waals surface area contributed by atoms with Gasteiger partial charge in [0.1, 0.15) is 0 Å². The van der Waals surface area contributed by atoms with Crippen LogP contribution in [0.1, 0.15) is 25.7 Å². The molecule has 0 unspecified atom stereocenters. The molecule has 0 atom stereocenters. The van der Waals surface area contributed by atoms with Crippen molar-refractivity contribution in [3.05, 3.63) is 34.6 Å². The third-order valence-corrected chi connectivity index (χ3v) is 4.89. The van der Waals surface area contributed by atoms with Gasteiger partial charge in [0.2, 0.25) is 11.8 Å². The molecule has 8 heteroatoms. The molecular weight excluding hydrogens is 336 g/mol. The normalized spacial score (nSPS) is 17.8. The lowest BCUT2D eigenvalue weighted by Gasteiger charge is -2.28. The van der Waals surface area contributed by atoms with E-state index in [4.69, 9.17) is 0 Å². The smallest absolute Gasteiger partial charge is 0.259 e. The zero-order valence-corrected chi connectivity index (χ0v) is 13.7. The summed E-state index contributed by atoms with van der Waals surface area (Å²) < 4.78 is 26.2. The molecule has 0 saturated heterocycles. The van der Waals surface area contributed by atoms with E-state index in [1.54, 1.807) is 24.3 Å². The molecule has 0 spiro atoms. The molecule has 3 rings (SSSR count). The molecule has 1 saturated carbocycles. The summed E-state index contributed by atoms with van der Waals surface area (Å²) in [6, 6.07) is 6.75. The maximum Gasteiger partial charge on any atom is 0.259 e. The summed E-state index contributed by atoms with van der Waals surface area (Å²) in [6.45, 7) is 0. The summed E-state index contributed by atoms with van der Waals surface area (Å²) in [7, 11) is 0. The molecule has 5 nitrogen and oxygen atoms in total. The van der Waals surface area contributed by atoms with Crippen LogP contribution in [0.5, 0.6) is 0 Å². The minimum atomic E-state index is -2.61. The van der Waals surface area contributed by atoms with Crippen molar-refractivity contribution in [1.29, 1.82) is 0 Å². The third-order valence-electron chi connectivity index (χ3n) is 4.01. The number of carbonyl (C=O) groups is 1. The van der Waals surface area contributed by atoms with E-state index in [1.165, 1.54) is 0 Å². The summed E-state index contributed by atoms with van der Waals surface area (Å²) in [6.07, 6.45) is 0.193. The quantitative estimate of drug-likeness (QED) is 0.655. The zero-order valence-electron chi connectivity index (χ0n) is 12.9. The van der Waals surface area contributed by atoms with Crippen molar-refractivity contribution in [3.63, 3.8) is 0 Å². The number of hydrogen-bond donors (Lipinski definition) is 2. The van der Waals surface area contributed by atoms with Gasteiger partial charge in [-0.15, -0.1) is 0 Å². The van der Waals surface area contributed by atoms with Gasteiger partial charge in [0, 0.05) is 18.9 Å². The van der Waals surface area contributed by atoms with Crippen LogP contribution in [0, 0.1) is 0 Å². The highest BCUT2D eigenvalue weighted by Gasteiger charge is 2.35. The van der Waals surface area contributed by atoms with Crippen LogP contribution in [0.15, 0.2) is 34.2 Å². The van der Waals surface area contributed by atoms with Gasteiger partial charge in [0.15, 0.2) is 5.16 Å². The number of aromatic nitrogens is 2. The Labute approximate surface area is 141 Å². The number of para-hydroxylation sites is 1. The van der Waals surface area contributed by atoms with Crippen molar-refractivity contribution in [3.8, 4) is 0 Å². The Kier molecular flexibility index (Phi) is 4.84. The standard InChI is InChI=1S/C16H17F2N3O2S/c17-16(18)7-5-10(6-8-16)19-13(22)9-24-15-20-12-4-2-1-3-11(12)14(23)21-15/h1-4,10H,5-9H2,(H,19,22)(H,20,21,23). The van der Waals surface area contributed by atoms with Crippen molar-refractivity contribution < 1.29 is 13.6 Å². The first-order chi connectivity index (χ1) is 11.4. The minimum absolute atomic E-state index is 0.0776. The van der Waals surface area contributed by atoms with Crippen LogP contribution >= 0.6 is 11.8 Å². The largest absolute Gasteiger partial charge is 0.353 e. The van der Waals surface area contributed by atoms with Crippen LogP contribution in [-0.2, 0) is 4.79 Å². The van der Waals surface area contributed by atoms with Gasteiger partial charge in [-0.25, -0.2) is 13.8 Å². The minimum Gasteiger partial charge on any atom is -0.353 e. The Morgan fingerprint density at radius 1 is 1.33 bits per heavy atom. The van der Waals surface area contributed by atoms with Crippen molar-refractivity contribution in [2.45, 2.75) is 42.8 Å². The molecule has 2 N–H and O–H groups in total. The van der Waals surface area contributed by atoms with Gasteiger partial charge in [-0.3, -0.25) is 9.59 Å². The molecule has 0 aliphatic heterocycles. The maximum atomic E-state index is 13.1. The van der Waals surface area contributed by atoms with E-state index < -0.39 is 5.92 Å². The van der Waals surface area contributed by atoms with Crippen LogP contribution in [0.4, 0.5) is 8.78 Å². The molecule has 1 aliphatic rings. The van der Waals surface area contributed by atoms with Crippen LogP contribution < -0.4 is 10.9 Å². The summed E-state index contributed by atoms with van der Waals surface area (Å²) in [5.41, 5.74) is 0.316. The average molecular weight is 353 g/mol. The van der Waals surface area contributed by atoms with E-state index in [1.807, 2.05) is 0 Å². The summed E-state index contributed by atoms with van der Waals surface area (Å²) >= 11 is 1.12. The average Bonchev–Trinajstić information content (AvgIpc) is 2.55. The fourth-order valence-electron chi connectivity index (χ4n) is 2.72. The molecule has 0 radical (unpaired) electrons. The number of H-pyrrole nitrogens is 1. The molecule has 24 heavy (non-hydrogen) atoms. The van der Waals surface area contributed by atoms with Gasteiger partial charge in [-0.2, -0.15) is 0 Å². The number of benzene rings is 1. The predicted octanol–water partition coefficient (Wildman–Crippen LogP) is 2.71. The van der Waals surface area contributed by atoms with E-state index in [0.29, 0.717) is 16.1 Å². The second-order valence-electron chi connectivity index (χ2n) is 5.87. The maximum absolute atomic E-state index is 13.1. The van der Waals surface area contributed by atoms with Gasteiger partial charge in [0.05, 0.1) is 16.7 Å². The molecule has 2 aromatic rings. The number of hydrogen-bond acceptors (Lipinski definition) is 4. The van der Waals surface area contributed by atoms with E-state index >= 15 is 0 Å². The molecule has 0 bridgehead atoms. The van der Waals surface area contributed by atoms with Crippen molar-refractivity contribution in [1.82, 2.24) is 15.3 Å². The first kappa shape index (κ1) is 16.9. The highest BCUT2D eigenvalue weighted by atomic mass is 32.2. The van der Waals surface area contributed by atoms with Crippen LogP contribution in [-0.4, -0.2) is 33.6 Å². The van der Waals surface area contributed by atoms with Crippen molar-refractivity contribution in [2.75, 3.05) is 5.75 Å². The zero-order chi connectivity index (χ0) is 17.2. The first-order valence-electron chi connectivity index (χ1n) is 7.72. The second kappa shape index (κ2) is 6.88. The fraction of sp³-hybridized carbons (Fsp3) is 0.438. The van der Waals surface area contributed by atoms with Gasteiger partial charge in [-0.05, 0) is 25.0 Å². The monoisotopic (exact) mass is 353 g/mol. The topological polar surface area (TPSA) is 74.8 Å². The third kappa shape index (κ3) is 4.11. The highest BCUT2D eigenvalue weighted by Crippen LogP contribution is 2.33. The van der Waals surface area contributed by atoms with Gasteiger partial charge in [-0.1, -0.05) is 23.9 Å². The van der Waals surface area contributed by atoms with Gasteiger partial charge < -0.3 is 10.3 Å². The fourth-order valence-corrected chi connectivity index (χ4v) is 3.40. The number of rotatable bonds is 4. The number of carbonyl (C=O) groups excluding carboxylic acids is 1. The SMILES string of the molecule is O=C(CSc1nc2ccccc2c(=O)[nH]1)NC1CCC(F)(F)CC1. The predicted molar refractivity (Wildman–Crippen MR) is 88.4 cm³/mol. The Hall–Kier alpha value is -1.96. The van der Waals surface area contributed by atoms with Crippen LogP contribution in [0.25, 0.3) is 10.9 Å². The molecule has 1 heterocycles. The number of nitrogens with one attached hydrogen (secondary N) is 2. The molecular formula is C16H17F2N3O2S. The summed E-state index contributed by atoms with van der Waals surface area (Å²) in [5.74, 6) is -2.77. The molecule has 1 aliphatic carbocycles. The number of aromatic amines is 1. The molecule has 1 amide bonds. The first-order valence-corrected chi connectivity index (χ1v) is 8.71. The molecule has 1 aromatic heterocycles. The Morgan fingerprint density at radius 2 is 2.04 bits per heavy atom. The Bertz CT molecular complexity index is 799. The van der Waals surface area contributed by atoms with Gasteiger partial charge in [0.25, 0.3) is 5.56 Å². The number of nitrogens with zero attached hydrogens (tertiary/aromatic N) is 1. The molecule has 128 valence electrons. The van der Waals surface area contributed by atoms with Gasteiger partial charge >= 0.3 is 0 Å². The van der Waals surface area contributed by atoms with Crippen LogP contribution in [0.2, 0.25) is 0 Å².